The number of hydrogen-bond acceptors (Lipinski definition) is 5. The minimum Gasteiger partial charge on any atom is -0.375 e. The Morgan fingerprint density at radius 2 is 1.96 bits per heavy atom. The highest BCUT2D eigenvalue weighted by Gasteiger charge is 2.30. The summed E-state index contributed by atoms with van der Waals surface area (Å²) in [4.78, 5) is 28.2. The standard InChI is InChI=1S/C20H32FN5O2/c1-15-12-23-13-18(26(15)14-20(28)22-2)11-19(27)24-9-4-10-25(3)17-7-5-16(21)6-8-17/h5-8,15,18,23H,4,9-14H2,1-3H3,(H,22,28)(H,24,27)/t15-,18-/m1/s1. The summed E-state index contributed by atoms with van der Waals surface area (Å²) in [6.45, 7) is 5.21. The largest absolute Gasteiger partial charge is 0.375 e. The number of benzene rings is 1. The molecule has 0 aliphatic carbocycles. The van der Waals surface area contributed by atoms with Crippen molar-refractivity contribution in [2.75, 3.05) is 51.7 Å². The molecule has 1 aromatic rings. The molecule has 2 amide bonds. The summed E-state index contributed by atoms with van der Waals surface area (Å²) in [6, 6.07) is 6.57. The third-order valence-electron chi connectivity index (χ3n) is 5.14. The minimum atomic E-state index is -0.249. The first kappa shape index (κ1) is 22.1. The Morgan fingerprint density at radius 1 is 1.25 bits per heavy atom. The molecule has 1 aromatic carbocycles. The van der Waals surface area contributed by atoms with Crippen LogP contribution in [0.5, 0.6) is 0 Å². The fraction of sp³-hybridized carbons (Fsp3) is 0.600. The first-order valence-corrected chi connectivity index (χ1v) is 9.81. The normalized spacial score (nSPS) is 19.9. The lowest BCUT2D eigenvalue weighted by Gasteiger charge is -2.40. The molecule has 0 aromatic heterocycles. The smallest absolute Gasteiger partial charge is 0.233 e. The minimum absolute atomic E-state index is 0.00272. The van der Waals surface area contributed by atoms with E-state index in [-0.39, 0.29) is 29.7 Å². The maximum absolute atomic E-state index is 13.0. The second kappa shape index (κ2) is 11.0. The summed E-state index contributed by atoms with van der Waals surface area (Å²) in [5.41, 5.74) is 0.944. The van der Waals surface area contributed by atoms with Gasteiger partial charge in [0.15, 0.2) is 0 Å². The maximum Gasteiger partial charge on any atom is 0.233 e. The molecule has 28 heavy (non-hydrogen) atoms. The van der Waals surface area contributed by atoms with E-state index in [0.717, 1.165) is 25.2 Å². The van der Waals surface area contributed by atoms with Gasteiger partial charge in [-0.15, -0.1) is 0 Å². The van der Waals surface area contributed by atoms with Crippen LogP contribution in [0, 0.1) is 5.82 Å². The zero-order valence-electron chi connectivity index (χ0n) is 17.0. The highest BCUT2D eigenvalue weighted by Crippen LogP contribution is 2.14. The van der Waals surface area contributed by atoms with Gasteiger partial charge < -0.3 is 20.9 Å². The average Bonchev–Trinajstić information content (AvgIpc) is 2.68. The van der Waals surface area contributed by atoms with Gasteiger partial charge in [-0.2, -0.15) is 0 Å². The quantitative estimate of drug-likeness (QED) is 0.535. The van der Waals surface area contributed by atoms with E-state index >= 15 is 0 Å². The molecule has 1 saturated heterocycles. The van der Waals surface area contributed by atoms with Gasteiger partial charge in [0.05, 0.1) is 6.54 Å². The molecule has 0 bridgehead atoms. The Morgan fingerprint density at radius 3 is 2.64 bits per heavy atom. The number of nitrogens with one attached hydrogen (secondary N) is 3. The van der Waals surface area contributed by atoms with Crippen LogP contribution in [0.2, 0.25) is 0 Å². The Hall–Kier alpha value is -2.19. The Labute approximate surface area is 166 Å². The van der Waals surface area contributed by atoms with Crippen LogP contribution in [0.15, 0.2) is 24.3 Å². The van der Waals surface area contributed by atoms with Crippen molar-refractivity contribution in [2.24, 2.45) is 0 Å². The number of nitrogens with zero attached hydrogens (tertiary/aromatic N) is 2. The van der Waals surface area contributed by atoms with Gasteiger partial charge in [-0.05, 0) is 37.6 Å². The zero-order valence-corrected chi connectivity index (χ0v) is 17.0. The number of carbonyl (C=O) groups is 2. The van der Waals surface area contributed by atoms with Crippen LogP contribution in [0.1, 0.15) is 19.8 Å². The molecule has 156 valence electrons. The molecule has 2 rings (SSSR count). The van der Waals surface area contributed by atoms with Crippen molar-refractivity contribution in [3.63, 3.8) is 0 Å². The predicted molar refractivity (Wildman–Crippen MR) is 109 cm³/mol. The lowest BCUT2D eigenvalue weighted by atomic mass is 10.1. The third kappa shape index (κ3) is 6.76. The number of likely N-dealkylation sites (N-methyl/N-ethyl adjacent to an activating group) is 1. The van der Waals surface area contributed by atoms with Crippen LogP contribution >= 0.6 is 0 Å². The van der Waals surface area contributed by atoms with Crippen molar-refractivity contribution < 1.29 is 14.0 Å². The van der Waals surface area contributed by atoms with E-state index in [0.29, 0.717) is 26.1 Å². The topological polar surface area (TPSA) is 76.7 Å². The van der Waals surface area contributed by atoms with Crippen molar-refractivity contribution in [3.8, 4) is 0 Å². The molecule has 1 fully saturated rings. The molecule has 1 aliphatic heterocycles. The SMILES string of the molecule is CNC(=O)CN1[C@H](CC(=O)NCCCN(C)c2ccc(F)cc2)CNC[C@H]1C. The van der Waals surface area contributed by atoms with Gasteiger partial charge in [0.25, 0.3) is 0 Å². The van der Waals surface area contributed by atoms with Gasteiger partial charge >= 0.3 is 0 Å². The predicted octanol–water partition coefficient (Wildman–Crippen LogP) is 0.567. The van der Waals surface area contributed by atoms with E-state index < -0.39 is 0 Å². The number of carbonyl (C=O) groups excluding carboxylic acids is 2. The number of halogens is 1. The highest BCUT2D eigenvalue weighted by molar-refractivity contribution is 5.78. The summed E-state index contributed by atoms with van der Waals surface area (Å²) in [7, 11) is 3.57. The van der Waals surface area contributed by atoms with Crippen molar-refractivity contribution in [3.05, 3.63) is 30.1 Å². The second-order valence-electron chi connectivity index (χ2n) is 7.31. The summed E-state index contributed by atoms with van der Waals surface area (Å²) in [6.07, 6.45) is 1.16. The Balaban J connectivity index is 1.73. The highest BCUT2D eigenvalue weighted by atomic mass is 19.1. The maximum atomic E-state index is 13.0. The first-order chi connectivity index (χ1) is 13.4. The lowest BCUT2D eigenvalue weighted by Crippen LogP contribution is -2.59. The number of anilines is 1. The van der Waals surface area contributed by atoms with Crippen LogP contribution in [0.25, 0.3) is 0 Å². The second-order valence-corrected chi connectivity index (χ2v) is 7.31. The summed E-state index contributed by atoms with van der Waals surface area (Å²) in [5, 5.41) is 8.95. The van der Waals surface area contributed by atoms with Crippen LogP contribution in [-0.4, -0.2) is 75.6 Å². The fourth-order valence-corrected chi connectivity index (χ4v) is 3.43. The van der Waals surface area contributed by atoms with Gasteiger partial charge in [0.2, 0.25) is 11.8 Å². The molecule has 8 heteroatoms. The third-order valence-corrected chi connectivity index (χ3v) is 5.14. The molecular weight excluding hydrogens is 361 g/mol. The van der Waals surface area contributed by atoms with E-state index in [1.54, 1.807) is 19.2 Å². The van der Waals surface area contributed by atoms with E-state index in [4.69, 9.17) is 0 Å². The van der Waals surface area contributed by atoms with E-state index in [2.05, 4.69) is 27.8 Å². The number of amides is 2. The molecule has 0 radical (unpaired) electrons. The van der Waals surface area contributed by atoms with Crippen LogP contribution < -0.4 is 20.9 Å². The van der Waals surface area contributed by atoms with Gasteiger partial charge in [0, 0.05) is 64.5 Å². The molecule has 1 heterocycles. The van der Waals surface area contributed by atoms with Gasteiger partial charge in [-0.1, -0.05) is 0 Å². The van der Waals surface area contributed by atoms with E-state index in [9.17, 15) is 14.0 Å². The van der Waals surface area contributed by atoms with Gasteiger partial charge in [-0.25, -0.2) is 4.39 Å². The number of piperazine rings is 1. The zero-order chi connectivity index (χ0) is 20.5. The Bertz CT molecular complexity index is 640. The summed E-state index contributed by atoms with van der Waals surface area (Å²) in [5.74, 6) is -0.295. The number of rotatable bonds is 9. The van der Waals surface area contributed by atoms with Gasteiger partial charge in [-0.3, -0.25) is 14.5 Å². The van der Waals surface area contributed by atoms with Crippen LogP contribution in [-0.2, 0) is 9.59 Å². The lowest BCUT2D eigenvalue weighted by molar-refractivity contribution is -0.126. The van der Waals surface area contributed by atoms with E-state index in [1.165, 1.54) is 12.1 Å². The summed E-state index contributed by atoms with van der Waals surface area (Å²) >= 11 is 0. The van der Waals surface area contributed by atoms with Crippen LogP contribution in [0.3, 0.4) is 0 Å². The molecule has 1 aliphatic rings. The van der Waals surface area contributed by atoms with Gasteiger partial charge in [0.1, 0.15) is 5.82 Å². The monoisotopic (exact) mass is 393 g/mol. The van der Waals surface area contributed by atoms with Crippen molar-refractivity contribution >= 4 is 17.5 Å². The molecule has 3 N–H and O–H groups in total. The molecular formula is C20H32FN5O2. The van der Waals surface area contributed by atoms with Crippen molar-refractivity contribution in [1.29, 1.82) is 0 Å². The molecule has 0 unspecified atom stereocenters. The van der Waals surface area contributed by atoms with Crippen molar-refractivity contribution in [2.45, 2.75) is 31.8 Å². The van der Waals surface area contributed by atoms with E-state index in [1.807, 2.05) is 11.9 Å². The van der Waals surface area contributed by atoms with Crippen molar-refractivity contribution in [1.82, 2.24) is 20.9 Å². The average molecular weight is 394 g/mol. The Kier molecular flexibility index (Phi) is 8.66. The molecule has 2 atom stereocenters. The number of hydrogen-bond donors (Lipinski definition) is 3. The van der Waals surface area contributed by atoms with Crippen LogP contribution in [0.4, 0.5) is 10.1 Å². The fourth-order valence-electron chi connectivity index (χ4n) is 3.43. The molecule has 0 spiro atoms. The molecule has 0 saturated carbocycles. The summed E-state index contributed by atoms with van der Waals surface area (Å²) < 4.78 is 13.0. The molecule has 7 nitrogen and oxygen atoms in total. The first-order valence-electron chi connectivity index (χ1n) is 9.81.